The number of halogens is 1. The Bertz CT molecular complexity index is 545. The molecule has 1 rings (SSSR count). The zero-order valence-electron chi connectivity index (χ0n) is 12.1. The minimum atomic E-state index is -0.663. The monoisotopic (exact) mass is 355 g/mol. The molecule has 1 aromatic rings. The molecular formula is C14H18BrN3O3. The van der Waals surface area contributed by atoms with E-state index in [0.717, 1.165) is 13.0 Å². The zero-order chi connectivity index (χ0) is 15.9. The molecule has 0 spiro atoms. The van der Waals surface area contributed by atoms with Gasteiger partial charge in [0.2, 0.25) is 0 Å². The van der Waals surface area contributed by atoms with Crippen molar-refractivity contribution in [1.29, 1.82) is 5.26 Å². The number of ether oxygens (including phenoxy) is 1. The van der Waals surface area contributed by atoms with Gasteiger partial charge >= 0.3 is 0 Å². The van der Waals surface area contributed by atoms with Gasteiger partial charge in [0.1, 0.15) is 11.3 Å². The van der Waals surface area contributed by atoms with Crippen molar-refractivity contribution in [2.75, 3.05) is 13.2 Å². The highest BCUT2D eigenvalue weighted by Crippen LogP contribution is 2.29. The molecule has 0 aliphatic rings. The first kappa shape index (κ1) is 17.4. The maximum absolute atomic E-state index is 10.7. The van der Waals surface area contributed by atoms with Gasteiger partial charge in [-0.05, 0) is 41.9 Å². The van der Waals surface area contributed by atoms with Gasteiger partial charge in [-0.15, -0.1) is 0 Å². The molecule has 0 radical (unpaired) electrons. The number of nitrogens with one attached hydrogen (secondary N) is 1. The molecule has 21 heavy (non-hydrogen) atoms. The fraction of sp³-hybridized carbons (Fsp3) is 0.500. The van der Waals surface area contributed by atoms with Crippen LogP contribution in [0.15, 0.2) is 22.7 Å². The summed E-state index contributed by atoms with van der Waals surface area (Å²) in [6.45, 7) is 4.89. The summed E-state index contributed by atoms with van der Waals surface area (Å²) >= 11 is 3.29. The van der Waals surface area contributed by atoms with Gasteiger partial charge in [-0.25, -0.2) is 0 Å². The van der Waals surface area contributed by atoms with Gasteiger partial charge in [0.15, 0.2) is 0 Å². The third-order valence-corrected chi connectivity index (χ3v) is 3.65. The molecule has 0 fully saturated rings. The highest BCUT2D eigenvalue weighted by atomic mass is 79.9. The average molecular weight is 356 g/mol. The van der Waals surface area contributed by atoms with Crippen LogP contribution in [-0.2, 0) is 0 Å². The summed E-state index contributed by atoms with van der Waals surface area (Å²) in [6, 6.07) is 6.58. The molecule has 1 unspecified atom stereocenters. The van der Waals surface area contributed by atoms with Crippen molar-refractivity contribution in [3.63, 3.8) is 0 Å². The Morgan fingerprint density at radius 2 is 2.29 bits per heavy atom. The van der Waals surface area contributed by atoms with Crippen molar-refractivity contribution in [3.8, 4) is 11.8 Å². The Morgan fingerprint density at radius 1 is 1.57 bits per heavy atom. The molecule has 0 saturated heterocycles. The summed E-state index contributed by atoms with van der Waals surface area (Å²) in [5.74, 6) is 0.403. The second kappa shape index (κ2) is 7.96. The lowest BCUT2D eigenvalue weighted by molar-refractivity contribution is -0.385. The van der Waals surface area contributed by atoms with E-state index in [1.54, 1.807) is 6.07 Å². The van der Waals surface area contributed by atoms with Gasteiger partial charge < -0.3 is 4.74 Å². The van der Waals surface area contributed by atoms with E-state index in [1.165, 1.54) is 12.1 Å². The standard InChI is InChI=1S/C14H18BrN3O3/c1-3-7-17-14(2,10-16)6-8-21-13-9-11(18(19)20)4-5-12(13)15/h4-5,9,17H,3,6-8H2,1-2H3. The van der Waals surface area contributed by atoms with Gasteiger partial charge in [0.25, 0.3) is 5.69 Å². The molecule has 7 heteroatoms. The summed E-state index contributed by atoms with van der Waals surface area (Å²) in [6.07, 6.45) is 1.42. The van der Waals surface area contributed by atoms with Gasteiger partial charge in [0.05, 0.1) is 28.1 Å². The lowest BCUT2D eigenvalue weighted by Gasteiger charge is -2.23. The molecule has 0 bridgehead atoms. The predicted octanol–water partition coefficient (Wildman–Crippen LogP) is 3.41. The third-order valence-electron chi connectivity index (χ3n) is 3.00. The molecule has 0 heterocycles. The largest absolute Gasteiger partial charge is 0.492 e. The van der Waals surface area contributed by atoms with Crippen LogP contribution in [0.5, 0.6) is 5.75 Å². The fourth-order valence-corrected chi connectivity index (χ4v) is 2.03. The maximum atomic E-state index is 10.7. The van der Waals surface area contributed by atoms with Crippen molar-refractivity contribution in [1.82, 2.24) is 5.32 Å². The zero-order valence-corrected chi connectivity index (χ0v) is 13.6. The van der Waals surface area contributed by atoms with E-state index in [2.05, 4.69) is 27.3 Å². The van der Waals surface area contributed by atoms with Crippen LogP contribution in [0.1, 0.15) is 26.7 Å². The van der Waals surface area contributed by atoms with E-state index in [4.69, 9.17) is 4.74 Å². The highest BCUT2D eigenvalue weighted by Gasteiger charge is 2.22. The van der Waals surface area contributed by atoms with Crippen LogP contribution in [0.25, 0.3) is 0 Å². The Morgan fingerprint density at radius 3 is 2.86 bits per heavy atom. The van der Waals surface area contributed by atoms with Gasteiger partial charge in [-0.1, -0.05) is 6.92 Å². The molecule has 1 N–H and O–H groups in total. The lowest BCUT2D eigenvalue weighted by Crippen LogP contribution is -2.42. The molecule has 1 aromatic carbocycles. The number of non-ortho nitro benzene ring substituents is 1. The number of nitrogens with zero attached hydrogens (tertiary/aromatic N) is 2. The SMILES string of the molecule is CCCNC(C)(C#N)CCOc1cc([N+](=O)[O-])ccc1Br. The lowest BCUT2D eigenvalue weighted by atomic mass is 10.0. The van der Waals surface area contributed by atoms with Crippen molar-refractivity contribution in [2.45, 2.75) is 32.2 Å². The van der Waals surface area contributed by atoms with E-state index in [-0.39, 0.29) is 5.69 Å². The van der Waals surface area contributed by atoms with E-state index in [1.807, 2.05) is 13.8 Å². The third kappa shape index (κ3) is 5.33. The molecule has 0 aliphatic heterocycles. The molecule has 0 saturated carbocycles. The second-order valence-corrected chi connectivity index (χ2v) is 5.70. The van der Waals surface area contributed by atoms with Crippen LogP contribution in [0, 0.1) is 21.4 Å². The number of rotatable bonds is 8. The van der Waals surface area contributed by atoms with E-state index in [9.17, 15) is 15.4 Å². The fourth-order valence-electron chi connectivity index (χ4n) is 1.67. The van der Waals surface area contributed by atoms with Crippen LogP contribution in [-0.4, -0.2) is 23.6 Å². The first-order valence-corrected chi connectivity index (χ1v) is 7.44. The Hall–Kier alpha value is -1.65. The van der Waals surface area contributed by atoms with Crippen LogP contribution < -0.4 is 10.1 Å². The topological polar surface area (TPSA) is 88.2 Å². The first-order chi connectivity index (χ1) is 9.91. The van der Waals surface area contributed by atoms with Crippen LogP contribution in [0.4, 0.5) is 5.69 Å². The van der Waals surface area contributed by atoms with Crippen molar-refractivity contribution >= 4 is 21.6 Å². The van der Waals surface area contributed by atoms with Gasteiger partial charge in [-0.2, -0.15) is 5.26 Å². The van der Waals surface area contributed by atoms with E-state index >= 15 is 0 Å². The Kier molecular flexibility index (Phi) is 6.59. The highest BCUT2D eigenvalue weighted by molar-refractivity contribution is 9.10. The molecular weight excluding hydrogens is 338 g/mol. The van der Waals surface area contributed by atoms with Crippen LogP contribution >= 0.6 is 15.9 Å². The molecule has 114 valence electrons. The van der Waals surface area contributed by atoms with E-state index in [0.29, 0.717) is 23.2 Å². The summed E-state index contributed by atoms with van der Waals surface area (Å²) in [5, 5.41) is 23.1. The quantitative estimate of drug-likeness (QED) is 0.570. The van der Waals surface area contributed by atoms with Crippen LogP contribution in [0.2, 0.25) is 0 Å². The normalized spacial score (nSPS) is 13.2. The van der Waals surface area contributed by atoms with Crippen molar-refractivity contribution in [2.24, 2.45) is 0 Å². The summed E-state index contributed by atoms with van der Waals surface area (Å²) < 4.78 is 6.21. The average Bonchev–Trinajstić information content (AvgIpc) is 2.47. The van der Waals surface area contributed by atoms with Crippen LogP contribution in [0.3, 0.4) is 0 Å². The summed E-state index contributed by atoms with van der Waals surface area (Å²) in [5.41, 5.74) is -0.691. The second-order valence-electron chi connectivity index (χ2n) is 4.84. The number of nitriles is 1. The maximum Gasteiger partial charge on any atom is 0.273 e. The number of nitro groups is 1. The number of benzene rings is 1. The molecule has 0 aliphatic carbocycles. The van der Waals surface area contributed by atoms with Crippen molar-refractivity contribution in [3.05, 3.63) is 32.8 Å². The number of nitro benzene ring substituents is 1. The Labute approximate surface area is 132 Å². The number of hydrogen-bond donors (Lipinski definition) is 1. The summed E-state index contributed by atoms with van der Waals surface area (Å²) in [7, 11) is 0. The minimum Gasteiger partial charge on any atom is -0.492 e. The molecule has 6 nitrogen and oxygen atoms in total. The number of hydrogen-bond acceptors (Lipinski definition) is 5. The van der Waals surface area contributed by atoms with Gasteiger partial charge in [0, 0.05) is 12.5 Å². The predicted molar refractivity (Wildman–Crippen MR) is 83.2 cm³/mol. The molecule has 0 amide bonds. The molecule has 1 atom stereocenters. The minimum absolute atomic E-state index is 0.0275. The summed E-state index contributed by atoms with van der Waals surface area (Å²) in [4.78, 5) is 10.3. The first-order valence-electron chi connectivity index (χ1n) is 6.65. The van der Waals surface area contributed by atoms with Gasteiger partial charge in [-0.3, -0.25) is 15.4 Å². The van der Waals surface area contributed by atoms with E-state index < -0.39 is 10.5 Å². The molecule has 0 aromatic heterocycles. The smallest absolute Gasteiger partial charge is 0.273 e. The Balaban J connectivity index is 2.65. The van der Waals surface area contributed by atoms with Crippen molar-refractivity contribution < 1.29 is 9.66 Å².